The second kappa shape index (κ2) is 8.29. The maximum absolute atomic E-state index is 12.6. The van der Waals surface area contributed by atoms with E-state index in [1.165, 1.54) is 16.7 Å². The summed E-state index contributed by atoms with van der Waals surface area (Å²) in [7, 11) is 0. The van der Waals surface area contributed by atoms with Crippen LogP contribution in [0.3, 0.4) is 0 Å². The molecule has 0 saturated carbocycles. The highest BCUT2D eigenvalue weighted by Gasteiger charge is 2.31. The Morgan fingerprint density at radius 1 is 1.31 bits per heavy atom. The summed E-state index contributed by atoms with van der Waals surface area (Å²) in [6, 6.07) is 9.99. The average molecular weight is 387 g/mol. The van der Waals surface area contributed by atoms with E-state index in [-0.39, 0.29) is 12.3 Å². The number of carboxylic acid groups (broad SMARTS) is 1. The summed E-state index contributed by atoms with van der Waals surface area (Å²) in [6.45, 7) is 0.975. The number of aliphatic carboxylic acids is 1. The molecule has 1 aliphatic heterocycles. The Morgan fingerprint density at radius 2 is 2.08 bits per heavy atom. The molecule has 1 aromatic carbocycles. The van der Waals surface area contributed by atoms with E-state index in [2.05, 4.69) is 4.98 Å². The number of benzene rings is 1. The molecule has 1 fully saturated rings. The van der Waals surface area contributed by atoms with Gasteiger partial charge < -0.3 is 9.67 Å². The highest BCUT2D eigenvalue weighted by molar-refractivity contribution is 8.26. The molecular weight excluding hydrogens is 370 g/mol. The van der Waals surface area contributed by atoms with E-state index in [0.717, 1.165) is 11.3 Å². The summed E-state index contributed by atoms with van der Waals surface area (Å²) in [6.07, 6.45) is 5.61. The summed E-state index contributed by atoms with van der Waals surface area (Å²) in [5, 5.41) is 8.73. The third kappa shape index (κ3) is 4.39. The van der Waals surface area contributed by atoms with E-state index < -0.39 is 5.97 Å². The second-order valence-electron chi connectivity index (χ2n) is 5.76. The molecule has 0 aliphatic carbocycles. The van der Waals surface area contributed by atoms with Crippen LogP contribution in [-0.4, -0.2) is 42.3 Å². The van der Waals surface area contributed by atoms with Gasteiger partial charge in [0, 0.05) is 19.5 Å². The van der Waals surface area contributed by atoms with E-state index in [9.17, 15) is 9.59 Å². The first kappa shape index (κ1) is 18.3. The Kier molecular flexibility index (Phi) is 5.85. The van der Waals surface area contributed by atoms with Crippen LogP contribution in [0, 0.1) is 0 Å². The van der Waals surface area contributed by atoms with Crippen molar-refractivity contribution in [3.63, 3.8) is 0 Å². The molecule has 1 aliphatic rings. The normalized spacial score (nSPS) is 15.8. The van der Waals surface area contributed by atoms with Gasteiger partial charge in [0.2, 0.25) is 0 Å². The van der Waals surface area contributed by atoms with Gasteiger partial charge in [0.1, 0.15) is 4.32 Å². The van der Waals surface area contributed by atoms with E-state index >= 15 is 0 Å². The van der Waals surface area contributed by atoms with Crippen molar-refractivity contribution in [2.45, 2.75) is 19.4 Å². The molecule has 6 nitrogen and oxygen atoms in total. The average Bonchev–Trinajstić information content (AvgIpc) is 3.15. The fraction of sp³-hybridized carbons (Fsp3) is 0.222. The summed E-state index contributed by atoms with van der Waals surface area (Å²) in [5.41, 5.74) is 1.96. The van der Waals surface area contributed by atoms with Crippen molar-refractivity contribution in [3.05, 3.63) is 59.0 Å². The van der Waals surface area contributed by atoms with Gasteiger partial charge in [-0.25, -0.2) is 4.98 Å². The third-order valence-electron chi connectivity index (χ3n) is 3.87. The van der Waals surface area contributed by atoms with Crippen LogP contribution in [0.4, 0.5) is 0 Å². The van der Waals surface area contributed by atoms with E-state index in [1.807, 2.05) is 34.9 Å². The standard InChI is InChI=1S/C18H17N3O3S2/c22-16(23)7-4-8-21-17(24)15(26-18(21)25)9-14-10-19-12-20(14)11-13-5-2-1-3-6-13/h1-3,5-6,9-10,12H,4,7-8,11H2,(H,22,23). The first-order chi connectivity index (χ1) is 12.5. The zero-order valence-corrected chi connectivity index (χ0v) is 15.5. The Morgan fingerprint density at radius 3 is 2.81 bits per heavy atom. The summed E-state index contributed by atoms with van der Waals surface area (Å²) in [4.78, 5) is 29.4. The molecule has 0 atom stereocenters. The van der Waals surface area contributed by atoms with Gasteiger partial charge in [-0.05, 0) is 18.1 Å². The number of carbonyl (C=O) groups excluding carboxylic acids is 1. The number of nitrogens with zero attached hydrogens (tertiary/aromatic N) is 3. The molecule has 1 amide bonds. The lowest BCUT2D eigenvalue weighted by Crippen LogP contribution is -2.29. The zero-order chi connectivity index (χ0) is 18.5. The predicted octanol–water partition coefficient (Wildman–Crippen LogP) is 3.00. The Labute approximate surface area is 160 Å². The fourth-order valence-electron chi connectivity index (χ4n) is 2.58. The lowest BCUT2D eigenvalue weighted by atomic mass is 10.2. The van der Waals surface area contributed by atoms with Crippen molar-refractivity contribution < 1.29 is 14.7 Å². The van der Waals surface area contributed by atoms with Crippen molar-refractivity contribution in [2.24, 2.45) is 0 Å². The highest BCUT2D eigenvalue weighted by Crippen LogP contribution is 2.32. The van der Waals surface area contributed by atoms with Crippen molar-refractivity contribution in [1.29, 1.82) is 0 Å². The van der Waals surface area contributed by atoms with Crippen molar-refractivity contribution >= 4 is 46.3 Å². The third-order valence-corrected chi connectivity index (χ3v) is 5.24. The number of imidazole rings is 1. The van der Waals surface area contributed by atoms with Gasteiger partial charge in [0.15, 0.2) is 0 Å². The van der Waals surface area contributed by atoms with Crippen molar-refractivity contribution in [1.82, 2.24) is 14.5 Å². The number of rotatable bonds is 7. The van der Waals surface area contributed by atoms with Crippen LogP contribution in [0.15, 0.2) is 47.8 Å². The Balaban J connectivity index is 1.73. The van der Waals surface area contributed by atoms with Crippen molar-refractivity contribution in [3.8, 4) is 0 Å². The second-order valence-corrected chi connectivity index (χ2v) is 7.44. The monoisotopic (exact) mass is 387 g/mol. The highest BCUT2D eigenvalue weighted by atomic mass is 32.2. The maximum atomic E-state index is 12.6. The summed E-state index contributed by atoms with van der Waals surface area (Å²) >= 11 is 6.50. The summed E-state index contributed by atoms with van der Waals surface area (Å²) in [5.74, 6) is -1.06. The Hall–Kier alpha value is -2.45. The van der Waals surface area contributed by atoms with Crippen LogP contribution >= 0.6 is 24.0 Å². The molecule has 1 saturated heterocycles. The van der Waals surface area contributed by atoms with Gasteiger partial charge in [0.05, 0.1) is 23.1 Å². The smallest absolute Gasteiger partial charge is 0.303 e. The quantitative estimate of drug-likeness (QED) is 0.581. The molecule has 26 heavy (non-hydrogen) atoms. The number of hydrogen-bond donors (Lipinski definition) is 1. The molecule has 3 rings (SSSR count). The molecule has 0 unspecified atom stereocenters. The number of carbonyl (C=O) groups is 2. The SMILES string of the molecule is O=C(O)CCCN1C(=O)C(=Cc2cncn2Cc2ccccc2)SC1=S. The summed E-state index contributed by atoms with van der Waals surface area (Å²) < 4.78 is 2.42. The van der Waals surface area contributed by atoms with Gasteiger partial charge >= 0.3 is 5.97 Å². The Bertz CT molecular complexity index is 862. The van der Waals surface area contributed by atoms with Crippen LogP contribution in [0.25, 0.3) is 6.08 Å². The molecule has 2 aromatic rings. The minimum Gasteiger partial charge on any atom is -0.481 e. The molecule has 2 heterocycles. The van der Waals surface area contributed by atoms with E-state index in [4.69, 9.17) is 17.3 Å². The maximum Gasteiger partial charge on any atom is 0.303 e. The lowest BCUT2D eigenvalue weighted by molar-refractivity contribution is -0.137. The van der Waals surface area contributed by atoms with Crippen LogP contribution < -0.4 is 0 Å². The van der Waals surface area contributed by atoms with Crippen LogP contribution in [0.1, 0.15) is 24.1 Å². The largest absolute Gasteiger partial charge is 0.481 e. The number of thiocarbonyl (C=S) groups is 1. The minimum absolute atomic E-state index is 0.0138. The van der Waals surface area contributed by atoms with Crippen LogP contribution in [-0.2, 0) is 16.1 Å². The zero-order valence-electron chi connectivity index (χ0n) is 13.9. The lowest BCUT2D eigenvalue weighted by Gasteiger charge is -2.13. The minimum atomic E-state index is -0.879. The van der Waals surface area contributed by atoms with Gasteiger partial charge in [0.25, 0.3) is 5.91 Å². The number of hydrogen-bond acceptors (Lipinski definition) is 5. The molecule has 0 radical (unpaired) electrons. The molecule has 0 spiro atoms. The number of carboxylic acids is 1. The fourth-order valence-corrected chi connectivity index (χ4v) is 3.87. The molecular formula is C18H17N3O3S2. The first-order valence-corrected chi connectivity index (χ1v) is 9.28. The van der Waals surface area contributed by atoms with Gasteiger partial charge in [-0.2, -0.15) is 0 Å². The molecule has 0 bridgehead atoms. The predicted molar refractivity (Wildman–Crippen MR) is 105 cm³/mol. The topological polar surface area (TPSA) is 75.4 Å². The van der Waals surface area contributed by atoms with Crippen LogP contribution in [0.2, 0.25) is 0 Å². The van der Waals surface area contributed by atoms with Gasteiger partial charge in [-0.1, -0.05) is 54.3 Å². The first-order valence-electron chi connectivity index (χ1n) is 8.06. The number of amides is 1. The van der Waals surface area contributed by atoms with Gasteiger partial charge in [-0.3, -0.25) is 14.5 Å². The number of aromatic nitrogens is 2. The van der Waals surface area contributed by atoms with E-state index in [1.54, 1.807) is 18.6 Å². The molecule has 1 aromatic heterocycles. The van der Waals surface area contributed by atoms with Crippen molar-refractivity contribution in [2.75, 3.05) is 6.54 Å². The molecule has 8 heteroatoms. The number of thioether (sulfide) groups is 1. The molecule has 1 N–H and O–H groups in total. The van der Waals surface area contributed by atoms with Crippen LogP contribution in [0.5, 0.6) is 0 Å². The van der Waals surface area contributed by atoms with Gasteiger partial charge in [-0.15, -0.1) is 0 Å². The van der Waals surface area contributed by atoms with E-state index in [0.29, 0.717) is 28.7 Å². The molecule has 134 valence electrons.